The van der Waals surface area contributed by atoms with Crippen molar-refractivity contribution >= 4 is 18.4 Å². The summed E-state index contributed by atoms with van der Waals surface area (Å²) in [6.45, 7) is 2.05. The molecule has 0 radical (unpaired) electrons. The van der Waals surface area contributed by atoms with E-state index in [-0.39, 0.29) is 12.1 Å². The highest BCUT2D eigenvalue weighted by Crippen LogP contribution is 2.24. The van der Waals surface area contributed by atoms with E-state index in [0.29, 0.717) is 11.6 Å². The maximum Gasteiger partial charge on any atom is 0.323 e. The van der Waals surface area contributed by atoms with Crippen LogP contribution in [0.5, 0.6) is 11.8 Å². The first-order valence-electron chi connectivity index (χ1n) is 7.18. The van der Waals surface area contributed by atoms with E-state index in [1.54, 1.807) is 36.8 Å². The van der Waals surface area contributed by atoms with Crippen LogP contribution in [0.4, 0.5) is 5.82 Å². The maximum atomic E-state index is 5.59. The Bertz CT molecular complexity index is 782. The minimum absolute atomic E-state index is 0.0600. The van der Waals surface area contributed by atoms with E-state index < -0.39 is 0 Å². The highest BCUT2D eigenvalue weighted by molar-refractivity contribution is 7.80. The number of pyridine rings is 1. The average molecular weight is 324 g/mol. The van der Waals surface area contributed by atoms with Gasteiger partial charge in [-0.2, -0.15) is 4.98 Å². The highest BCUT2D eigenvalue weighted by Gasteiger charge is 2.10. The first kappa shape index (κ1) is 15.3. The number of hydrogen-bond acceptors (Lipinski definition) is 6. The molecule has 3 rings (SSSR count). The lowest BCUT2D eigenvalue weighted by Gasteiger charge is -2.16. The van der Waals surface area contributed by atoms with Crippen LogP contribution in [0.3, 0.4) is 0 Å². The first-order valence-corrected chi connectivity index (χ1v) is 7.62. The fourth-order valence-corrected chi connectivity index (χ4v) is 2.49. The summed E-state index contributed by atoms with van der Waals surface area (Å²) in [6, 6.07) is 13.7. The summed E-state index contributed by atoms with van der Waals surface area (Å²) in [7, 11) is 0. The molecule has 0 aliphatic carbocycles. The SMILES string of the molecule is CC(Nc1ccnc(Oc2cccnc2)n1)c1ccccc1S. The number of nitrogens with one attached hydrogen (secondary N) is 1. The summed E-state index contributed by atoms with van der Waals surface area (Å²) < 4.78 is 5.59. The molecule has 1 aromatic carbocycles. The van der Waals surface area contributed by atoms with Crippen molar-refractivity contribution in [3.8, 4) is 11.8 Å². The Morgan fingerprint density at radius 1 is 1.09 bits per heavy atom. The van der Waals surface area contributed by atoms with Gasteiger partial charge in [0, 0.05) is 17.3 Å². The van der Waals surface area contributed by atoms with E-state index in [0.717, 1.165) is 10.5 Å². The van der Waals surface area contributed by atoms with Crippen LogP contribution in [0.15, 0.2) is 66.0 Å². The molecule has 0 bridgehead atoms. The number of aromatic nitrogens is 3. The molecular weight excluding hydrogens is 308 g/mol. The van der Waals surface area contributed by atoms with E-state index in [1.807, 2.05) is 24.3 Å². The van der Waals surface area contributed by atoms with Crippen LogP contribution < -0.4 is 10.1 Å². The quantitative estimate of drug-likeness (QED) is 0.691. The smallest absolute Gasteiger partial charge is 0.323 e. The summed E-state index contributed by atoms with van der Waals surface area (Å²) in [5.41, 5.74) is 1.10. The molecule has 6 heteroatoms. The summed E-state index contributed by atoms with van der Waals surface area (Å²) in [5.74, 6) is 1.28. The summed E-state index contributed by atoms with van der Waals surface area (Å²) in [6.07, 6.45) is 4.95. The molecule has 3 aromatic rings. The van der Waals surface area contributed by atoms with E-state index in [2.05, 4.69) is 39.8 Å². The summed E-state index contributed by atoms with van der Waals surface area (Å²) in [4.78, 5) is 13.4. The van der Waals surface area contributed by atoms with Gasteiger partial charge in [0.25, 0.3) is 0 Å². The molecular formula is C17H16N4OS. The van der Waals surface area contributed by atoms with Crippen molar-refractivity contribution in [2.75, 3.05) is 5.32 Å². The number of anilines is 1. The van der Waals surface area contributed by atoms with Gasteiger partial charge in [0.15, 0.2) is 0 Å². The van der Waals surface area contributed by atoms with Crippen LogP contribution in [0, 0.1) is 0 Å². The van der Waals surface area contributed by atoms with Gasteiger partial charge in [-0.25, -0.2) is 4.98 Å². The molecule has 0 aliphatic rings. The third kappa shape index (κ3) is 3.98. The Morgan fingerprint density at radius 2 is 1.96 bits per heavy atom. The molecule has 1 atom stereocenters. The lowest BCUT2D eigenvalue weighted by atomic mass is 10.1. The Kier molecular flexibility index (Phi) is 4.73. The Morgan fingerprint density at radius 3 is 2.74 bits per heavy atom. The van der Waals surface area contributed by atoms with Crippen molar-refractivity contribution in [1.82, 2.24) is 15.0 Å². The Balaban J connectivity index is 1.74. The van der Waals surface area contributed by atoms with Crippen LogP contribution in [-0.4, -0.2) is 15.0 Å². The second kappa shape index (κ2) is 7.11. The third-order valence-corrected chi connectivity index (χ3v) is 3.65. The number of ether oxygens (including phenoxy) is 1. The Hall–Kier alpha value is -2.60. The molecule has 1 unspecified atom stereocenters. The third-order valence-electron chi connectivity index (χ3n) is 3.24. The van der Waals surface area contributed by atoms with Crippen LogP contribution in [0.2, 0.25) is 0 Å². The van der Waals surface area contributed by atoms with Crippen LogP contribution in [-0.2, 0) is 0 Å². The molecule has 0 saturated heterocycles. The highest BCUT2D eigenvalue weighted by atomic mass is 32.1. The van der Waals surface area contributed by atoms with Crippen molar-refractivity contribution < 1.29 is 4.74 Å². The van der Waals surface area contributed by atoms with E-state index in [4.69, 9.17) is 4.74 Å². The molecule has 0 saturated carbocycles. The van der Waals surface area contributed by atoms with Gasteiger partial charge in [-0.15, -0.1) is 12.6 Å². The molecule has 0 spiro atoms. The predicted octanol–water partition coefficient (Wildman–Crippen LogP) is 4.13. The predicted molar refractivity (Wildman–Crippen MR) is 92.1 cm³/mol. The van der Waals surface area contributed by atoms with Gasteiger partial charge in [0.1, 0.15) is 11.6 Å². The Labute approximate surface area is 140 Å². The zero-order valence-electron chi connectivity index (χ0n) is 12.5. The van der Waals surface area contributed by atoms with Crippen LogP contribution in [0.1, 0.15) is 18.5 Å². The second-order valence-corrected chi connectivity index (χ2v) is 5.42. The number of thiol groups is 1. The minimum Gasteiger partial charge on any atom is -0.423 e. The lowest BCUT2D eigenvalue weighted by molar-refractivity contribution is 0.440. The first-order chi connectivity index (χ1) is 11.2. The molecule has 1 N–H and O–H groups in total. The van der Waals surface area contributed by atoms with Gasteiger partial charge in [-0.1, -0.05) is 18.2 Å². The summed E-state index contributed by atoms with van der Waals surface area (Å²) in [5, 5.41) is 3.33. The van der Waals surface area contributed by atoms with Crippen LogP contribution >= 0.6 is 12.6 Å². The van der Waals surface area contributed by atoms with E-state index in [9.17, 15) is 0 Å². The van der Waals surface area contributed by atoms with Gasteiger partial charge < -0.3 is 10.1 Å². The number of rotatable bonds is 5. The zero-order valence-corrected chi connectivity index (χ0v) is 13.4. The monoisotopic (exact) mass is 324 g/mol. The molecule has 2 heterocycles. The molecule has 2 aromatic heterocycles. The summed E-state index contributed by atoms with van der Waals surface area (Å²) >= 11 is 4.49. The van der Waals surface area contributed by atoms with Gasteiger partial charge in [-0.05, 0) is 36.8 Å². The number of hydrogen-bond donors (Lipinski definition) is 2. The standard InChI is InChI=1S/C17H16N4OS/c1-12(14-6-2-3-7-15(14)23)20-16-8-10-19-17(21-16)22-13-5-4-9-18-11-13/h2-12,23H,1H3,(H,19,20,21). The van der Waals surface area contributed by atoms with Gasteiger partial charge >= 0.3 is 6.01 Å². The number of benzene rings is 1. The molecule has 5 nitrogen and oxygen atoms in total. The molecule has 0 amide bonds. The number of nitrogens with zero attached hydrogens (tertiary/aromatic N) is 3. The fourth-order valence-electron chi connectivity index (χ4n) is 2.14. The van der Waals surface area contributed by atoms with Crippen molar-refractivity contribution in [3.63, 3.8) is 0 Å². The topological polar surface area (TPSA) is 59.9 Å². The minimum atomic E-state index is 0.0600. The largest absolute Gasteiger partial charge is 0.423 e. The molecule has 116 valence electrons. The zero-order chi connectivity index (χ0) is 16.1. The van der Waals surface area contributed by atoms with Gasteiger partial charge in [0.2, 0.25) is 0 Å². The van der Waals surface area contributed by atoms with Crippen molar-refractivity contribution in [1.29, 1.82) is 0 Å². The molecule has 0 fully saturated rings. The van der Waals surface area contributed by atoms with Crippen molar-refractivity contribution in [2.45, 2.75) is 17.9 Å². The van der Waals surface area contributed by atoms with Gasteiger partial charge in [-0.3, -0.25) is 4.98 Å². The second-order valence-electron chi connectivity index (χ2n) is 4.94. The van der Waals surface area contributed by atoms with Crippen LogP contribution in [0.25, 0.3) is 0 Å². The van der Waals surface area contributed by atoms with E-state index >= 15 is 0 Å². The maximum absolute atomic E-state index is 5.59. The molecule has 0 aliphatic heterocycles. The average Bonchev–Trinajstić information content (AvgIpc) is 2.56. The van der Waals surface area contributed by atoms with Crippen molar-refractivity contribution in [2.24, 2.45) is 0 Å². The molecule has 23 heavy (non-hydrogen) atoms. The van der Waals surface area contributed by atoms with E-state index in [1.165, 1.54) is 0 Å². The van der Waals surface area contributed by atoms with Gasteiger partial charge in [0.05, 0.1) is 12.2 Å². The van der Waals surface area contributed by atoms with Crippen molar-refractivity contribution in [3.05, 3.63) is 66.6 Å². The lowest BCUT2D eigenvalue weighted by Crippen LogP contribution is -2.09. The fraction of sp³-hybridized carbons (Fsp3) is 0.118. The normalized spacial score (nSPS) is 11.7.